The summed E-state index contributed by atoms with van der Waals surface area (Å²) in [6, 6.07) is 6.14. The van der Waals surface area contributed by atoms with Crippen molar-refractivity contribution in [3.05, 3.63) is 35.6 Å². The average molecular weight is 293 g/mol. The van der Waals surface area contributed by atoms with Crippen LogP contribution < -0.4 is 0 Å². The number of aliphatic carboxylic acids is 1. The molecule has 0 saturated carbocycles. The van der Waals surface area contributed by atoms with Gasteiger partial charge in [-0.05, 0) is 36.5 Å². The van der Waals surface area contributed by atoms with Crippen LogP contribution in [0.1, 0.15) is 37.7 Å². The first kappa shape index (κ1) is 15.5. The number of nitrogens with zero attached hydrogens (tertiary/aromatic N) is 1. The van der Waals surface area contributed by atoms with Crippen LogP contribution in [0.25, 0.3) is 0 Å². The third-order valence-corrected chi connectivity index (χ3v) is 4.04. The minimum absolute atomic E-state index is 0.0108. The fourth-order valence-electron chi connectivity index (χ4n) is 2.71. The number of hydrogen-bond donors (Lipinski definition) is 1. The lowest BCUT2D eigenvalue weighted by molar-refractivity contribution is -0.145. The summed E-state index contributed by atoms with van der Waals surface area (Å²) in [7, 11) is 0. The maximum Gasteiger partial charge on any atom is 0.308 e. The molecule has 2 atom stereocenters. The topological polar surface area (TPSA) is 57.6 Å². The van der Waals surface area contributed by atoms with Gasteiger partial charge < -0.3 is 10.0 Å². The number of carbonyl (C=O) groups excluding carboxylic acids is 1. The van der Waals surface area contributed by atoms with E-state index in [0.29, 0.717) is 25.9 Å². The van der Waals surface area contributed by atoms with Crippen molar-refractivity contribution in [2.24, 2.45) is 5.92 Å². The zero-order valence-electron chi connectivity index (χ0n) is 12.1. The van der Waals surface area contributed by atoms with Gasteiger partial charge in [0.15, 0.2) is 0 Å². The summed E-state index contributed by atoms with van der Waals surface area (Å²) in [6.07, 6.45) is 1.68. The van der Waals surface area contributed by atoms with Crippen molar-refractivity contribution in [3.8, 4) is 0 Å². The van der Waals surface area contributed by atoms with Gasteiger partial charge in [-0.25, -0.2) is 4.39 Å². The van der Waals surface area contributed by atoms with Crippen LogP contribution in [-0.4, -0.2) is 35.0 Å². The number of piperidine rings is 1. The number of carboxylic acid groups (broad SMARTS) is 1. The molecule has 0 aliphatic carbocycles. The smallest absolute Gasteiger partial charge is 0.308 e. The van der Waals surface area contributed by atoms with Gasteiger partial charge in [-0.15, -0.1) is 0 Å². The summed E-state index contributed by atoms with van der Waals surface area (Å²) in [4.78, 5) is 24.9. The molecule has 1 saturated heterocycles. The van der Waals surface area contributed by atoms with Gasteiger partial charge in [0.25, 0.3) is 0 Å². The van der Waals surface area contributed by atoms with Crippen LogP contribution in [0.3, 0.4) is 0 Å². The first-order chi connectivity index (χ1) is 9.97. The Morgan fingerprint density at radius 3 is 2.67 bits per heavy atom. The van der Waals surface area contributed by atoms with Crippen molar-refractivity contribution in [2.45, 2.75) is 32.1 Å². The third-order valence-electron chi connectivity index (χ3n) is 4.04. The highest BCUT2D eigenvalue weighted by molar-refractivity contribution is 5.78. The molecule has 2 unspecified atom stereocenters. The Bertz CT molecular complexity index is 515. The van der Waals surface area contributed by atoms with E-state index in [0.717, 1.165) is 12.0 Å². The lowest BCUT2D eigenvalue weighted by Gasteiger charge is -2.31. The van der Waals surface area contributed by atoms with E-state index in [4.69, 9.17) is 5.11 Å². The fourth-order valence-corrected chi connectivity index (χ4v) is 2.71. The number of carbonyl (C=O) groups is 2. The highest BCUT2D eigenvalue weighted by atomic mass is 19.1. The Balaban J connectivity index is 1.94. The van der Waals surface area contributed by atoms with Crippen molar-refractivity contribution in [1.29, 1.82) is 0 Å². The molecule has 114 valence electrons. The fraction of sp³-hybridized carbons (Fsp3) is 0.500. The van der Waals surface area contributed by atoms with E-state index in [1.54, 1.807) is 17.0 Å². The third kappa shape index (κ3) is 4.03. The molecule has 1 fully saturated rings. The molecule has 21 heavy (non-hydrogen) atoms. The summed E-state index contributed by atoms with van der Waals surface area (Å²) >= 11 is 0. The van der Waals surface area contributed by atoms with E-state index in [-0.39, 0.29) is 17.6 Å². The number of amides is 1. The molecule has 5 heteroatoms. The molecule has 1 heterocycles. The predicted octanol–water partition coefficient (Wildman–Crippen LogP) is 2.64. The van der Waals surface area contributed by atoms with Crippen molar-refractivity contribution in [2.75, 3.05) is 13.1 Å². The molecule has 1 aromatic rings. The zero-order chi connectivity index (χ0) is 15.4. The van der Waals surface area contributed by atoms with E-state index in [1.165, 1.54) is 12.1 Å². The summed E-state index contributed by atoms with van der Waals surface area (Å²) in [6.45, 7) is 2.84. The number of rotatable bonds is 4. The second-order valence-electron chi connectivity index (χ2n) is 5.67. The van der Waals surface area contributed by atoms with E-state index >= 15 is 0 Å². The van der Waals surface area contributed by atoms with Crippen molar-refractivity contribution in [1.82, 2.24) is 4.90 Å². The van der Waals surface area contributed by atoms with Gasteiger partial charge in [-0.1, -0.05) is 19.1 Å². The lowest BCUT2D eigenvalue weighted by atomic mass is 9.94. The highest BCUT2D eigenvalue weighted by Gasteiger charge is 2.28. The molecule has 1 aromatic carbocycles. The second kappa shape index (κ2) is 6.70. The molecule has 0 bridgehead atoms. The van der Waals surface area contributed by atoms with Gasteiger partial charge in [-0.2, -0.15) is 0 Å². The van der Waals surface area contributed by atoms with Crippen molar-refractivity contribution in [3.63, 3.8) is 0 Å². The standard InChI is InChI=1S/C16H20FNO3/c1-11(12-4-6-14(17)7-5-12)9-15(19)18-8-2-3-13(10-18)16(20)21/h4-7,11,13H,2-3,8-10H2,1H3,(H,20,21). The maximum atomic E-state index is 12.9. The molecular formula is C16H20FNO3. The molecule has 1 aliphatic heterocycles. The zero-order valence-corrected chi connectivity index (χ0v) is 12.1. The summed E-state index contributed by atoms with van der Waals surface area (Å²) in [5, 5.41) is 9.05. The number of carboxylic acids is 1. The van der Waals surface area contributed by atoms with Crippen LogP contribution in [0.5, 0.6) is 0 Å². The van der Waals surface area contributed by atoms with Crippen LogP contribution in [0, 0.1) is 11.7 Å². The first-order valence-electron chi connectivity index (χ1n) is 7.23. The predicted molar refractivity (Wildman–Crippen MR) is 76.4 cm³/mol. The number of benzene rings is 1. The number of hydrogen-bond acceptors (Lipinski definition) is 2. The Hall–Kier alpha value is -1.91. The Kier molecular flexibility index (Phi) is 4.94. The quantitative estimate of drug-likeness (QED) is 0.928. The second-order valence-corrected chi connectivity index (χ2v) is 5.67. The molecule has 0 aromatic heterocycles. The molecule has 2 rings (SSSR count). The van der Waals surface area contributed by atoms with E-state index in [9.17, 15) is 14.0 Å². The Labute approximate surface area is 123 Å². The van der Waals surface area contributed by atoms with Crippen LogP contribution >= 0.6 is 0 Å². The first-order valence-corrected chi connectivity index (χ1v) is 7.23. The van der Waals surface area contributed by atoms with Crippen LogP contribution in [0.2, 0.25) is 0 Å². The summed E-state index contributed by atoms with van der Waals surface area (Å²) < 4.78 is 12.9. The molecule has 4 nitrogen and oxygen atoms in total. The van der Waals surface area contributed by atoms with Crippen LogP contribution in [0.4, 0.5) is 4.39 Å². The van der Waals surface area contributed by atoms with Crippen molar-refractivity contribution < 1.29 is 19.1 Å². The molecule has 1 N–H and O–H groups in total. The van der Waals surface area contributed by atoms with Gasteiger partial charge in [0, 0.05) is 19.5 Å². The molecule has 1 aliphatic rings. The number of likely N-dealkylation sites (tertiary alicyclic amines) is 1. The minimum Gasteiger partial charge on any atom is -0.481 e. The van der Waals surface area contributed by atoms with Gasteiger partial charge in [0.05, 0.1) is 5.92 Å². The SMILES string of the molecule is CC(CC(=O)N1CCCC(C(=O)O)C1)c1ccc(F)cc1. The largest absolute Gasteiger partial charge is 0.481 e. The monoisotopic (exact) mass is 293 g/mol. The van der Waals surface area contributed by atoms with Gasteiger partial charge >= 0.3 is 5.97 Å². The Morgan fingerprint density at radius 2 is 2.05 bits per heavy atom. The van der Waals surface area contributed by atoms with Crippen LogP contribution in [0.15, 0.2) is 24.3 Å². The molecular weight excluding hydrogens is 273 g/mol. The van der Waals surface area contributed by atoms with Crippen LogP contribution in [-0.2, 0) is 9.59 Å². The number of halogens is 1. The van der Waals surface area contributed by atoms with Gasteiger partial charge in [0.2, 0.25) is 5.91 Å². The van der Waals surface area contributed by atoms with Crippen molar-refractivity contribution >= 4 is 11.9 Å². The van der Waals surface area contributed by atoms with Gasteiger partial charge in [-0.3, -0.25) is 9.59 Å². The highest BCUT2D eigenvalue weighted by Crippen LogP contribution is 2.23. The van der Waals surface area contributed by atoms with Gasteiger partial charge in [0.1, 0.15) is 5.82 Å². The van der Waals surface area contributed by atoms with E-state index < -0.39 is 11.9 Å². The lowest BCUT2D eigenvalue weighted by Crippen LogP contribution is -2.42. The van der Waals surface area contributed by atoms with E-state index in [2.05, 4.69) is 0 Å². The summed E-state index contributed by atoms with van der Waals surface area (Å²) in [5.74, 6) is -1.62. The summed E-state index contributed by atoms with van der Waals surface area (Å²) in [5.41, 5.74) is 0.913. The van der Waals surface area contributed by atoms with E-state index in [1.807, 2.05) is 6.92 Å². The maximum absolute atomic E-state index is 12.9. The molecule has 0 spiro atoms. The minimum atomic E-state index is -0.834. The molecule has 1 amide bonds. The normalized spacial score (nSPS) is 20.1. The molecule has 0 radical (unpaired) electrons. The average Bonchev–Trinajstić information content (AvgIpc) is 2.48. The Morgan fingerprint density at radius 1 is 1.38 bits per heavy atom.